The summed E-state index contributed by atoms with van der Waals surface area (Å²) in [5.41, 5.74) is 7.93. The van der Waals surface area contributed by atoms with Gasteiger partial charge >= 0.3 is 0 Å². The summed E-state index contributed by atoms with van der Waals surface area (Å²) in [6.07, 6.45) is 2.69. The summed E-state index contributed by atoms with van der Waals surface area (Å²) >= 11 is 0. The molecule has 2 aromatic rings. The van der Waals surface area contributed by atoms with E-state index in [1.807, 2.05) is 0 Å². The number of piperidine rings is 1. The van der Waals surface area contributed by atoms with Crippen LogP contribution in [0.25, 0.3) is 0 Å². The van der Waals surface area contributed by atoms with E-state index in [0.29, 0.717) is 17.7 Å². The molecule has 3 N–H and O–H groups in total. The van der Waals surface area contributed by atoms with Crippen LogP contribution >= 0.6 is 0 Å². The lowest BCUT2D eigenvalue weighted by atomic mass is 10.1. The van der Waals surface area contributed by atoms with Crippen LogP contribution < -0.4 is 16.0 Å². The molecule has 1 heterocycles. The second-order valence-electron chi connectivity index (χ2n) is 6.34. The van der Waals surface area contributed by atoms with Crippen molar-refractivity contribution in [3.8, 4) is 0 Å². The number of anilines is 2. The Morgan fingerprint density at radius 1 is 1.00 bits per heavy atom. The van der Waals surface area contributed by atoms with Gasteiger partial charge < -0.3 is 16.0 Å². The van der Waals surface area contributed by atoms with Crippen LogP contribution in [-0.4, -0.2) is 24.3 Å². The number of amides is 3. The fourth-order valence-electron chi connectivity index (χ4n) is 2.98. The van der Waals surface area contributed by atoms with Crippen molar-refractivity contribution in [1.82, 2.24) is 0 Å². The molecule has 1 saturated heterocycles. The van der Waals surface area contributed by atoms with E-state index < -0.39 is 5.91 Å². The summed E-state index contributed by atoms with van der Waals surface area (Å²) in [6.45, 7) is 0.724. The number of nitrogens with one attached hydrogen (secondary N) is 1. The van der Waals surface area contributed by atoms with Crippen molar-refractivity contribution in [2.45, 2.75) is 25.7 Å². The second-order valence-corrected chi connectivity index (χ2v) is 6.34. The number of benzene rings is 2. The van der Waals surface area contributed by atoms with E-state index in [9.17, 15) is 14.4 Å². The number of hydrogen-bond donors (Lipinski definition) is 2. The van der Waals surface area contributed by atoms with E-state index >= 15 is 0 Å². The highest BCUT2D eigenvalue weighted by Gasteiger charge is 2.19. The summed E-state index contributed by atoms with van der Waals surface area (Å²) in [6, 6.07) is 14.0. The summed E-state index contributed by atoms with van der Waals surface area (Å²) in [7, 11) is 0. The van der Waals surface area contributed by atoms with Crippen LogP contribution in [-0.2, 0) is 16.0 Å². The molecule has 1 aliphatic heterocycles. The fourth-order valence-corrected chi connectivity index (χ4v) is 2.98. The van der Waals surface area contributed by atoms with Gasteiger partial charge in [0.05, 0.1) is 6.42 Å². The molecule has 0 saturated carbocycles. The largest absolute Gasteiger partial charge is 0.369 e. The zero-order valence-electron chi connectivity index (χ0n) is 14.4. The smallest absolute Gasteiger partial charge is 0.255 e. The molecule has 0 unspecified atom stereocenters. The molecular formula is C20H21N3O3. The van der Waals surface area contributed by atoms with E-state index in [-0.39, 0.29) is 18.2 Å². The number of hydrogen-bond acceptors (Lipinski definition) is 3. The number of nitrogens with zero attached hydrogens (tertiary/aromatic N) is 1. The van der Waals surface area contributed by atoms with Crippen LogP contribution in [0.5, 0.6) is 0 Å². The molecule has 2 aromatic carbocycles. The average molecular weight is 351 g/mol. The standard InChI is InChI=1S/C20H21N3O3/c21-18(24)13-14-4-8-16(9-5-14)22-20(26)15-6-10-17(11-7-15)23-12-2-1-3-19(23)25/h4-11H,1-3,12-13H2,(H2,21,24)(H,22,26). The van der Waals surface area contributed by atoms with E-state index in [4.69, 9.17) is 5.73 Å². The Balaban J connectivity index is 1.64. The van der Waals surface area contributed by atoms with Crippen LogP contribution in [0, 0.1) is 0 Å². The van der Waals surface area contributed by atoms with Crippen molar-refractivity contribution < 1.29 is 14.4 Å². The van der Waals surface area contributed by atoms with E-state index in [2.05, 4.69) is 5.32 Å². The van der Waals surface area contributed by atoms with E-state index in [0.717, 1.165) is 30.6 Å². The molecule has 0 aromatic heterocycles. The van der Waals surface area contributed by atoms with Crippen LogP contribution in [0.3, 0.4) is 0 Å². The van der Waals surface area contributed by atoms with Crippen molar-refractivity contribution in [2.75, 3.05) is 16.8 Å². The van der Waals surface area contributed by atoms with Gasteiger partial charge in [-0.2, -0.15) is 0 Å². The van der Waals surface area contributed by atoms with Crippen molar-refractivity contribution >= 4 is 29.1 Å². The first-order valence-corrected chi connectivity index (χ1v) is 8.62. The van der Waals surface area contributed by atoms with E-state index in [1.54, 1.807) is 53.4 Å². The summed E-state index contributed by atoms with van der Waals surface area (Å²) < 4.78 is 0. The highest BCUT2D eigenvalue weighted by Crippen LogP contribution is 2.21. The van der Waals surface area contributed by atoms with Crippen LogP contribution in [0.15, 0.2) is 48.5 Å². The van der Waals surface area contributed by atoms with Crippen LogP contribution in [0.4, 0.5) is 11.4 Å². The predicted octanol–water partition coefficient (Wildman–Crippen LogP) is 2.48. The molecule has 3 rings (SSSR count). The van der Waals surface area contributed by atoms with Crippen molar-refractivity contribution in [1.29, 1.82) is 0 Å². The topological polar surface area (TPSA) is 92.5 Å². The Labute approximate surface area is 152 Å². The Hall–Kier alpha value is -3.15. The SMILES string of the molecule is NC(=O)Cc1ccc(NC(=O)c2ccc(N3CCCCC3=O)cc2)cc1. The van der Waals surface area contributed by atoms with Gasteiger partial charge in [-0.1, -0.05) is 12.1 Å². The number of nitrogens with two attached hydrogens (primary N) is 1. The highest BCUT2D eigenvalue weighted by molar-refractivity contribution is 6.04. The second kappa shape index (κ2) is 7.82. The minimum absolute atomic E-state index is 0.129. The minimum Gasteiger partial charge on any atom is -0.369 e. The highest BCUT2D eigenvalue weighted by atomic mass is 16.2. The van der Waals surface area contributed by atoms with Crippen LogP contribution in [0.2, 0.25) is 0 Å². The zero-order chi connectivity index (χ0) is 18.5. The lowest BCUT2D eigenvalue weighted by Crippen LogP contribution is -2.35. The monoisotopic (exact) mass is 351 g/mol. The first kappa shape index (κ1) is 17.7. The number of carbonyl (C=O) groups excluding carboxylic acids is 3. The molecule has 6 nitrogen and oxygen atoms in total. The summed E-state index contributed by atoms with van der Waals surface area (Å²) in [5, 5.41) is 2.81. The van der Waals surface area contributed by atoms with Gasteiger partial charge in [0.15, 0.2) is 0 Å². The van der Waals surface area contributed by atoms with Gasteiger partial charge in [-0.25, -0.2) is 0 Å². The van der Waals surface area contributed by atoms with E-state index in [1.165, 1.54) is 0 Å². The molecule has 6 heteroatoms. The molecule has 1 fully saturated rings. The Morgan fingerprint density at radius 2 is 1.69 bits per heavy atom. The maximum Gasteiger partial charge on any atom is 0.255 e. The predicted molar refractivity (Wildman–Crippen MR) is 99.9 cm³/mol. The number of rotatable bonds is 5. The molecule has 3 amide bonds. The van der Waals surface area contributed by atoms with Gasteiger partial charge in [-0.05, 0) is 54.8 Å². The molecule has 0 aliphatic carbocycles. The number of primary amides is 1. The molecule has 0 bridgehead atoms. The Kier molecular flexibility index (Phi) is 5.31. The molecule has 1 aliphatic rings. The van der Waals surface area contributed by atoms with Gasteiger partial charge in [0, 0.05) is 29.9 Å². The Bertz CT molecular complexity index is 813. The molecule has 0 spiro atoms. The average Bonchev–Trinajstić information content (AvgIpc) is 2.63. The maximum atomic E-state index is 12.4. The van der Waals surface area contributed by atoms with Gasteiger partial charge in [0.25, 0.3) is 5.91 Å². The zero-order valence-corrected chi connectivity index (χ0v) is 14.4. The van der Waals surface area contributed by atoms with Gasteiger partial charge in [0.2, 0.25) is 11.8 Å². The summed E-state index contributed by atoms with van der Waals surface area (Å²) in [4.78, 5) is 37.0. The quantitative estimate of drug-likeness (QED) is 0.867. The van der Waals surface area contributed by atoms with Gasteiger partial charge in [-0.15, -0.1) is 0 Å². The summed E-state index contributed by atoms with van der Waals surface area (Å²) in [5.74, 6) is -0.497. The third kappa shape index (κ3) is 4.27. The van der Waals surface area contributed by atoms with Crippen molar-refractivity contribution in [2.24, 2.45) is 5.73 Å². The molecule has 0 atom stereocenters. The van der Waals surface area contributed by atoms with Gasteiger partial charge in [-0.3, -0.25) is 14.4 Å². The molecular weight excluding hydrogens is 330 g/mol. The van der Waals surface area contributed by atoms with Crippen molar-refractivity contribution in [3.63, 3.8) is 0 Å². The fraction of sp³-hybridized carbons (Fsp3) is 0.250. The third-order valence-corrected chi connectivity index (χ3v) is 4.35. The molecule has 26 heavy (non-hydrogen) atoms. The van der Waals surface area contributed by atoms with Crippen molar-refractivity contribution in [3.05, 3.63) is 59.7 Å². The molecule has 134 valence electrons. The lowest BCUT2D eigenvalue weighted by molar-refractivity contribution is -0.119. The first-order valence-electron chi connectivity index (χ1n) is 8.62. The third-order valence-electron chi connectivity index (χ3n) is 4.35. The Morgan fingerprint density at radius 3 is 2.31 bits per heavy atom. The van der Waals surface area contributed by atoms with Gasteiger partial charge in [0.1, 0.15) is 0 Å². The normalized spacial score (nSPS) is 14.2. The molecule has 0 radical (unpaired) electrons. The minimum atomic E-state index is -0.394. The van der Waals surface area contributed by atoms with Crippen LogP contribution in [0.1, 0.15) is 35.2 Å². The maximum absolute atomic E-state index is 12.4. The first-order chi connectivity index (χ1) is 12.5. The lowest BCUT2D eigenvalue weighted by Gasteiger charge is -2.26. The number of carbonyl (C=O) groups is 3.